The van der Waals surface area contributed by atoms with Crippen molar-refractivity contribution in [1.82, 2.24) is 20.6 Å². The largest absolute Gasteiger partial charge is 0.325 e. The Morgan fingerprint density at radius 2 is 2.35 bits per heavy atom. The number of carbonyl (C=O) groups excluding carboxylic acids is 1. The van der Waals surface area contributed by atoms with E-state index in [1.165, 1.54) is 0 Å². The van der Waals surface area contributed by atoms with Crippen LogP contribution in [-0.2, 0) is 11.2 Å². The van der Waals surface area contributed by atoms with Crippen LogP contribution < -0.4 is 5.32 Å². The fourth-order valence-electron chi connectivity index (χ4n) is 1.32. The highest BCUT2D eigenvalue weighted by Gasteiger charge is 2.09. The third kappa shape index (κ3) is 3.10. The van der Waals surface area contributed by atoms with E-state index in [4.69, 9.17) is 0 Å². The SMILES string of the molecule is Cc1ccc(NC(=O)Cc2nn[nH]n2)c(Br)c1. The number of nitrogens with one attached hydrogen (secondary N) is 2. The Bertz CT molecular complexity index is 525. The molecular weight excluding hydrogens is 286 g/mol. The van der Waals surface area contributed by atoms with Gasteiger partial charge in [-0.2, -0.15) is 5.21 Å². The van der Waals surface area contributed by atoms with Crippen molar-refractivity contribution < 1.29 is 4.79 Å². The summed E-state index contributed by atoms with van der Waals surface area (Å²) in [6.07, 6.45) is 0.0941. The molecule has 0 aliphatic heterocycles. The van der Waals surface area contributed by atoms with Crippen LogP contribution in [0, 0.1) is 6.92 Å². The standard InChI is InChI=1S/C10H10BrN5O/c1-6-2-3-8(7(11)4-6)12-10(17)5-9-13-15-16-14-9/h2-4H,5H2,1H3,(H,12,17)(H,13,14,15,16). The minimum absolute atomic E-state index is 0.0941. The van der Waals surface area contributed by atoms with E-state index < -0.39 is 0 Å². The molecule has 1 aromatic heterocycles. The van der Waals surface area contributed by atoms with Gasteiger partial charge in [-0.05, 0) is 40.5 Å². The second-order valence-electron chi connectivity index (χ2n) is 3.54. The Hall–Kier alpha value is -1.76. The van der Waals surface area contributed by atoms with Crippen molar-refractivity contribution in [3.63, 3.8) is 0 Å². The Balaban J connectivity index is 2.03. The van der Waals surface area contributed by atoms with Gasteiger partial charge in [-0.3, -0.25) is 4.79 Å². The van der Waals surface area contributed by atoms with Gasteiger partial charge in [0.25, 0.3) is 0 Å². The van der Waals surface area contributed by atoms with Crippen molar-refractivity contribution in [3.8, 4) is 0 Å². The predicted molar refractivity (Wildman–Crippen MR) is 65.4 cm³/mol. The van der Waals surface area contributed by atoms with Crippen LogP contribution in [0.1, 0.15) is 11.4 Å². The van der Waals surface area contributed by atoms with E-state index in [0.717, 1.165) is 15.7 Å². The Kier molecular flexibility index (Phi) is 3.48. The van der Waals surface area contributed by atoms with Crippen LogP contribution >= 0.6 is 15.9 Å². The molecule has 2 rings (SSSR count). The predicted octanol–water partition coefficient (Wildman–Crippen LogP) is 1.45. The molecule has 17 heavy (non-hydrogen) atoms. The molecule has 0 bridgehead atoms. The van der Waals surface area contributed by atoms with E-state index in [0.29, 0.717) is 5.82 Å². The number of H-pyrrole nitrogens is 1. The summed E-state index contributed by atoms with van der Waals surface area (Å²) in [5, 5.41) is 15.9. The van der Waals surface area contributed by atoms with Gasteiger partial charge < -0.3 is 5.32 Å². The number of amides is 1. The van der Waals surface area contributed by atoms with Gasteiger partial charge in [0.2, 0.25) is 5.91 Å². The summed E-state index contributed by atoms with van der Waals surface area (Å²) in [4.78, 5) is 11.7. The van der Waals surface area contributed by atoms with Crippen molar-refractivity contribution in [2.45, 2.75) is 13.3 Å². The topological polar surface area (TPSA) is 83.6 Å². The van der Waals surface area contributed by atoms with Crippen LogP contribution in [0.5, 0.6) is 0 Å². The fraction of sp³-hybridized carbons (Fsp3) is 0.200. The molecule has 0 spiro atoms. The van der Waals surface area contributed by atoms with Crippen molar-refractivity contribution in [2.75, 3.05) is 5.32 Å². The summed E-state index contributed by atoms with van der Waals surface area (Å²) in [5.41, 5.74) is 1.84. The molecule has 2 N–H and O–H groups in total. The zero-order chi connectivity index (χ0) is 12.3. The number of rotatable bonds is 3. The number of aryl methyl sites for hydroxylation is 1. The molecule has 7 heteroatoms. The lowest BCUT2D eigenvalue weighted by molar-refractivity contribution is -0.115. The average Bonchev–Trinajstić information content (AvgIpc) is 2.75. The molecule has 0 saturated heterocycles. The lowest BCUT2D eigenvalue weighted by atomic mass is 10.2. The van der Waals surface area contributed by atoms with Gasteiger partial charge in [0.1, 0.15) is 0 Å². The quantitative estimate of drug-likeness (QED) is 0.898. The second kappa shape index (κ2) is 5.05. The summed E-state index contributed by atoms with van der Waals surface area (Å²) in [6.45, 7) is 1.98. The normalized spacial score (nSPS) is 10.2. The maximum absolute atomic E-state index is 11.7. The van der Waals surface area contributed by atoms with E-state index in [-0.39, 0.29) is 12.3 Å². The van der Waals surface area contributed by atoms with Crippen LogP contribution in [-0.4, -0.2) is 26.5 Å². The molecule has 1 aromatic carbocycles. The molecule has 0 unspecified atom stereocenters. The van der Waals surface area contributed by atoms with E-state index in [1.54, 1.807) is 0 Å². The highest BCUT2D eigenvalue weighted by Crippen LogP contribution is 2.23. The van der Waals surface area contributed by atoms with Gasteiger partial charge in [-0.25, -0.2) is 0 Å². The smallest absolute Gasteiger partial charge is 0.232 e. The minimum atomic E-state index is -0.184. The van der Waals surface area contributed by atoms with Gasteiger partial charge in [0, 0.05) is 4.47 Å². The number of aromatic nitrogens is 4. The molecule has 2 aromatic rings. The van der Waals surface area contributed by atoms with Crippen molar-refractivity contribution >= 4 is 27.5 Å². The molecule has 6 nitrogen and oxygen atoms in total. The third-order valence-corrected chi connectivity index (χ3v) is 2.76. The number of hydrogen-bond donors (Lipinski definition) is 2. The fourth-order valence-corrected chi connectivity index (χ4v) is 1.91. The number of benzene rings is 1. The minimum Gasteiger partial charge on any atom is -0.325 e. The number of aromatic amines is 1. The maximum Gasteiger partial charge on any atom is 0.232 e. The van der Waals surface area contributed by atoms with Crippen molar-refractivity contribution in [3.05, 3.63) is 34.1 Å². The van der Waals surface area contributed by atoms with Crippen molar-refractivity contribution in [2.24, 2.45) is 0 Å². The number of tetrazole rings is 1. The van der Waals surface area contributed by atoms with Gasteiger partial charge >= 0.3 is 0 Å². The summed E-state index contributed by atoms with van der Waals surface area (Å²) >= 11 is 3.39. The molecular formula is C10H10BrN5O. The van der Waals surface area contributed by atoms with Gasteiger partial charge in [0.05, 0.1) is 12.1 Å². The monoisotopic (exact) mass is 295 g/mol. The molecule has 0 atom stereocenters. The molecule has 88 valence electrons. The first kappa shape index (κ1) is 11.7. The van der Waals surface area contributed by atoms with Crippen molar-refractivity contribution in [1.29, 1.82) is 0 Å². The lowest BCUT2D eigenvalue weighted by Gasteiger charge is -2.06. The first-order chi connectivity index (χ1) is 8.15. The van der Waals surface area contributed by atoms with Gasteiger partial charge in [0.15, 0.2) is 5.82 Å². The molecule has 0 aliphatic rings. The van der Waals surface area contributed by atoms with E-state index in [2.05, 4.69) is 41.9 Å². The highest BCUT2D eigenvalue weighted by molar-refractivity contribution is 9.10. The molecule has 0 saturated carbocycles. The zero-order valence-corrected chi connectivity index (χ0v) is 10.7. The van der Waals surface area contributed by atoms with Gasteiger partial charge in [-0.15, -0.1) is 10.2 Å². The van der Waals surface area contributed by atoms with Crippen LogP contribution in [0.15, 0.2) is 22.7 Å². The first-order valence-corrected chi connectivity index (χ1v) is 5.73. The van der Waals surface area contributed by atoms with Crippen LogP contribution in [0.3, 0.4) is 0 Å². The molecule has 0 fully saturated rings. The Morgan fingerprint density at radius 1 is 1.53 bits per heavy atom. The Labute approximate surface area is 106 Å². The van der Waals surface area contributed by atoms with Gasteiger partial charge in [-0.1, -0.05) is 11.3 Å². The Morgan fingerprint density at radius 3 is 3.00 bits per heavy atom. The second-order valence-corrected chi connectivity index (χ2v) is 4.39. The molecule has 1 heterocycles. The average molecular weight is 296 g/mol. The number of hydrogen-bond acceptors (Lipinski definition) is 4. The van der Waals surface area contributed by atoms with Crippen LogP contribution in [0.4, 0.5) is 5.69 Å². The van der Waals surface area contributed by atoms with E-state index >= 15 is 0 Å². The van der Waals surface area contributed by atoms with Crippen LogP contribution in [0.25, 0.3) is 0 Å². The number of halogens is 1. The summed E-state index contributed by atoms with van der Waals surface area (Å²) in [5.74, 6) is 0.182. The van der Waals surface area contributed by atoms with E-state index in [9.17, 15) is 4.79 Å². The number of carbonyl (C=O) groups is 1. The summed E-state index contributed by atoms with van der Waals surface area (Å²) < 4.78 is 0.846. The number of nitrogens with zero attached hydrogens (tertiary/aromatic N) is 3. The third-order valence-electron chi connectivity index (χ3n) is 2.11. The summed E-state index contributed by atoms with van der Waals surface area (Å²) in [7, 11) is 0. The molecule has 0 radical (unpaired) electrons. The highest BCUT2D eigenvalue weighted by atomic mass is 79.9. The molecule has 0 aliphatic carbocycles. The maximum atomic E-state index is 11.7. The van der Waals surface area contributed by atoms with E-state index in [1.807, 2.05) is 25.1 Å². The zero-order valence-electron chi connectivity index (χ0n) is 9.07. The number of anilines is 1. The molecule has 1 amide bonds. The lowest BCUT2D eigenvalue weighted by Crippen LogP contribution is -2.15. The first-order valence-electron chi connectivity index (χ1n) is 4.93. The van der Waals surface area contributed by atoms with Crippen LogP contribution in [0.2, 0.25) is 0 Å². The summed E-state index contributed by atoms with van der Waals surface area (Å²) in [6, 6.07) is 5.70.